The van der Waals surface area contributed by atoms with Gasteiger partial charge in [0, 0.05) is 26.2 Å². The van der Waals surface area contributed by atoms with Gasteiger partial charge in [0.05, 0.1) is 12.2 Å². The molecular weight excluding hydrogens is 266 g/mol. The number of nitrogens with zero attached hydrogens (tertiary/aromatic N) is 3. The largest absolute Gasteiger partial charge is 0.359 e. The second-order valence-electron chi connectivity index (χ2n) is 5.25. The standard InChI is InChI=1S/C15H29N5O/c1-6-20(7-2)9-8-17-15(16-5)18-11-13-10-14(12(3)4)19-21-13/h10,12H,6-9,11H2,1-5H3,(H2,16,17,18). The number of hydrogen-bond acceptors (Lipinski definition) is 4. The first kappa shape index (κ1) is 17.5. The normalized spacial score (nSPS) is 12.2. The van der Waals surface area contributed by atoms with Crippen LogP contribution in [0.25, 0.3) is 0 Å². The van der Waals surface area contributed by atoms with Crippen LogP contribution < -0.4 is 10.6 Å². The molecule has 0 spiro atoms. The molecule has 1 aromatic rings. The molecule has 0 aliphatic carbocycles. The molecule has 0 fully saturated rings. The number of aromatic nitrogens is 1. The first-order valence-electron chi connectivity index (χ1n) is 7.73. The van der Waals surface area contributed by atoms with Crippen LogP contribution in [0.2, 0.25) is 0 Å². The molecule has 6 nitrogen and oxygen atoms in total. The lowest BCUT2D eigenvalue weighted by molar-refractivity contribution is 0.308. The fourth-order valence-corrected chi connectivity index (χ4v) is 1.95. The molecule has 0 aromatic carbocycles. The molecule has 0 radical (unpaired) electrons. The van der Waals surface area contributed by atoms with Gasteiger partial charge in [-0.3, -0.25) is 4.99 Å². The van der Waals surface area contributed by atoms with E-state index in [-0.39, 0.29) is 0 Å². The molecule has 0 unspecified atom stereocenters. The van der Waals surface area contributed by atoms with Crippen molar-refractivity contribution in [1.82, 2.24) is 20.7 Å². The number of guanidine groups is 1. The maximum Gasteiger partial charge on any atom is 0.191 e. The van der Waals surface area contributed by atoms with E-state index in [1.807, 2.05) is 6.07 Å². The summed E-state index contributed by atoms with van der Waals surface area (Å²) >= 11 is 0. The number of likely N-dealkylation sites (N-methyl/N-ethyl adjacent to an activating group) is 1. The number of hydrogen-bond donors (Lipinski definition) is 2. The van der Waals surface area contributed by atoms with Crippen LogP contribution in [-0.2, 0) is 6.54 Å². The third kappa shape index (κ3) is 6.16. The second-order valence-corrected chi connectivity index (χ2v) is 5.25. The van der Waals surface area contributed by atoms with E-state index >= 15 is 0 Å². The van der Waals surface area contributed by atoms with E-state index in [2.05, 4.69) is 53.4 Å². The van der Waals surface area contributed by atoms with Gasteiger partial charge in [-0.05, 0) is 19.0 Å². The summed E-state index contributed by atoms with van der Waals surface area (Å²) in [6, 6.07) is 1.99. The first-order chi connectivity index (χ1) is 10.1. The van der Waals surface area contributed by atoms with Gasteiger partial charge >= 0.3 is 0 Å². The minimum absolute atomic E-state index is 0.383. The average molecular weight is 295 g/mol. The highest BCUT2D eigenvalue weighted by Gasteiger charge is 2.08. The molecule has 0 bridgehead atoms. The number of nitrogens with one attached hydrogen (secondary N) is 2. The Bertz CT molecular complexity index is 423. The van der Waals surface area contributed by atoms with E-state index in [9.17, 15) is 0 Å². The Morgan fingerprint density at radius 1 is 1.33 bits per heavy atom. The van der Waals surface area contributed by atoms with Crippen LogP contribution in [0, 0.1) is 0 Å². The van der Waals surface area contributed by atoms with Crippen molar-refractivity contribution in [1.29, 1.82) is 0 Å². The lowest BCUT2D eigenvalue weighted by Crippen LogP contribution is -2.41. The summed E-state index contributed by atoms with van der Waals surface area (Å²) in [6.45, 7) is 13.2. The van der Waals surface area contributed by atoms with Gasteiger partial charge in [-0.1, -0.05) is 32.9 Å². The Kier molecular flexibility index (Phi) is 7.82. The highest BCUT2D eigenvalue weighted by atomic mass is 16.5. The van der Waals surface area contributed by atoms with Gasteiger partial charge in [-0.2, -0.15) is 0 Å². The van der Waals surface area contributed by atoms with Crippen molar-refractivity contribution in [2.24, 2.45) is 4.99 Å². The predicted octanol–water partition coefficient (Wildman–Crippen LogP) is 1.80. The molecule has 21 heavy (non-hydrogen) atoms. The molecule has 0 saturated carbocycles. The highest BCUT2D eigenvalue weighted by molar-refractivity contribution is 5.79. The van der Waals surface area contributed by atoms with Crippen molar-refractivity contribution in [3.05, 3.63) is 17.5 Å². The lowest BCUT2D eigenvalue weighted by atomic mass is 10.1. The van der Waals surface area contributed by atoms with Crippen LogP contribution in [0.4, 0.5) is 0 Å². The van der Waals surface area contributed by atoms with Crippen LogP contribution in [0.3, 0.4) is 0 Å². The zero-order valence-electron chi connectivity index (χ0n) is 13.9. The van der Waals surface area contributed by atoms with Crippen molar-refractivity contribution >= 4 is 5.96 Å². The van der Waals surface area contributed by atoms with Gasteiger partial charge in [0.1, 0.15) is 0 Å². The maximum absolute atomic E-state index is 5.29. The molecule has 1 rings (SSSR count). The molecule has 0 aliphatic heterocycles. The van der Waals surface area contributed by atoms with E-state index in [4.69, 9.17) is 4.52 Å². The van der Waals surface area contributed by atoms with Crippen molar-refractivity contribution < 1.29 is 4.52 Å². The second kappa shape index (κ2) is 9.39. The zero-order valence-corrected chi connectivity index (χ0v) is 13.9. The summed E-state index contributed by atoms with van der Waals surface area (Å²) in [5, 5.41) is 10.6. The maximum atomic E-state index is 5.29. The smallest absolute Gasteiger partial charge is 0.191 e. The summed E-state index contributed by atoms with van der Waals surface area (Å²) in [7, 11) is 1.77. The van der Waals surface area contributed by atoms with Gasteiger partial charge in [0.2, 0.25) is 0 Å². The average Bonchev–Trinajstić information content (AvgIpc) is 2.96. The summed E-state index contributed by atoms with van der Waals surface area (Å²) in [6.07, 6.45) is 0. The van der Waals surface area contributed by atoms with Gasteiger partial charge in [0.25, 0.3) is 0 Å². The lowest BCUT2D eigenvalue weighted by Gasteiger charge is -2.19. The topological polar surface area (TPSA) is 65.7 Å². The third-order valence-electron chi connectivity index (χ3n) is 3.44. The molecule has 0 aliphatic rings. The SMILES string of the molecule is CCN(CC)CCNC(=NC)NCc1cc(C(C)C)no1. The molecule has 0 saturated heterocycles. The summed E-state index contributed by atoms with van der Waals surface area (Å²) in [5.74, 6) is 1.99. The minimum atomic E-state index is 0.383. The van der Waals surface area contributed by atoms with Crippen molar-refractivity contribution in [2.45, 2.75) is 40.2 Å². The molecule has 2 N–H and O–H groups in total. The van der Waals surface area contributed by atoms with E-state index in [0.717, 1.165) is 43.6 Å². The van der Waals surface area contributed by atoms with E-state index < -0.39 is 0 Å². The molecule has 0 atom stereocenters. The number of rotatable bonds is 8. The molecule has 0 amide bonds. The molecule has 120 valence electrons. The Morgan fingerprint density at radius 2 is 2.05 bits per heavy atom. The fourth-order valence-electron chi connectivity index (χ4n) is 1.95. The summed E-state index contributed by atoms with van der Waals surface area (Å²) in [4.78, 5) is 6.57. The van der Waals surface area contributed by atoms with Crippen LogP contribution in [-0.4, -0.2) is 49.2 Å². The van der Waals surface area contributed by atoms with E-state index in [1.165, 1.54) is 0 Å². The van der Waals surface area contributed by atoms with Crippen molar-refractivity contribution in [2.75, 3.05) is 33.2 Å². The molecule has 1 heterocycles. The molecule has 1 aromatic heterocycles. The summed E-state index contributed by atoms with van der Waals surface area (Å²) in [5.41, 5.74) is 0.983. The quantitative estimate of drug-likeness (QED) is 0.565. The Hall–Kier alpha value is -1.56. The molecule has 6 heteroatoms. The molecular formula is C15H29N5O. The van der Waals surface area contributed by atoms with Crippen molar-refractivity contribution in [3.63, 3.8) is 0 Å². The Morgan fingerprint density at radius 3 is 2.57 bits per heavy atom. The highest BCUT2D eigenvalue weighted by Crippen LogP contribution is 2.13. The van der Waals surface area contributed by atoms with Gasteiger partial charge in [-0.25, -0.2) is 0 Å². The predicted molar refractivity (Wildman–Crippen MR) is 86.6 cm³/mol. The van der Waals surface area contributed by atoms with Crippen LogP contribution in [0.15, 0.2) is 15.6 Å². The fraction of sp³-hybridized carbons (Fsp3) is 0.733. The van der Waals surface area contributed by atoms with Gasteiger partial charge in [-0.15, -0.1) is 0 Å². The van der Waals surface area contributed by atoms with Gasteiger partial charge < -0.3 is 20.1 Å². The Balaban J connectivity index is 2.34. The first-order valence-corrected chi connectivity index (χ1v) is 7.73. The zero-order chi connectivity index (χ0) is 15.7. The van der Waals surface area contributed by atoms with E-state index in [1.54, 1.807) is 7.05 Å². The van der Waals surface area contributed by atoms with Crippen LogP contribution >= 0.6 is 0 Å². The third-order valence-corrected chi connectivity index (χ3v) is 3.44. The van der Waals surface area contributed by atoms with E-state index in [0.29, 0.717) is 12.5 Å². The monoisotopic (exact) mass is 295 g/mol. The van der Waals surface area contributed by atoms with Crippen LogP contribution in [0.5, 0.6) is 0 Å². The van der Waals surface area contributed by atoms with Crippen molar-refractivity contribution in [3.8, 4) is 0 Å². The Labute approximate surface area is 128 Å². The number of aliphatic imine (C=N–C) groups is 1. The van der Waals surface area contributed by atoms with Crippen LogP contribution in [0.1, 0.15) is 45.1 Å². The minimum Gasteiger partial charge on any atom is -0.359 e. The van der Waals surface area contributed by atoms with Gasteiger partial charge in [0.15, 0.2) is 11.7 Å². The summed E-state index contributed by atoms with van der Waals surface area (Å²) < 4.78 is 5.29.